The third-order valence-electron chi connectivity index (χ3n) is 16.6. The van der Waals surface area contributed by atoms with Gasteiger partial charge in [0.15, 0.2) is 23.0 Å². The quantitative estimate of drug-likeness (QED) is 0.0226. The highest BCUT2D eigenvalue weighted by atomic mass is 19.1. The van der Waals surface area contributed by atoms with Gasteiger partial charge < -0.3 is 30.3 Å². The van der Waals surface area contributed by atoms with Crippen molar-refractivity contribution < 1.29 is 46.8 Å². The van der Waals surface area contributed by atoms with Crippen LogP contribution in [0.5, 0.6) is 34.5 Å². The number of hydrogen-bond acceptors (Lipinski definition) is 9. The molecule has 0 amide bonds. The van der Waals surface area contributed by atoms with E-state index in [1.54, 1.807) is 24.3 Å². The van der Waals surface area contributed by atoms with Gasteiger partial charge in [-0.3, -0.25) is 9.59 Å². The Morgan fingerprint density at radius 1 is 0.550 bits per heavy atom. The van der Waals surface area contributed by atoms with Crippen LogP contribution >= 0.6 is 0 Å². The smallest absolute Gasteiger partial charge is 0.256 e. The normalized spacial score (nSPS) is 17.7. The van der Waals surface area contributed by atoms with Crippen LogP contribution in [0.2, 0.25) is 0 Å². The van der Waals surface area contributed by atoms with E-state index >= 15 is 27.2 Å². The van der Waals surface area contributed by atoms with Crippen LogP contribution in [0, 0.1) is 53.0 Å². The number of nitrogens with zero attached hydrogens (tertiary/aromatic N) is 2. The van der Waals surface area contributed by atoms with E-state index in [0.29, 0.717) is 11.8 Å². The second-order valence-corrected chi connectivity index (χ2v) is 22.0. The lowest BCUT2D eigenvalue weighted by molar-refractivity contribution is 0.0974. The van der Waals surface area contributed by atoms with Gasteiger partial charge in [-0.2, -0.15) is 5.26 Å². The molecule has 0 aliphatic heterocycles. The predicted octanol–water partition coefficient (Wildman–Crippen LogP) is 19.2. The summed E-state index contributed by atoms with van der Waals surface area (Å²) in [6.45, 7) is 11.7. The monoisotopic (exact) mass is 1090 g/mol. The number of benzene rings is 6. The largest absolute Gasteiger partial charge is 0.504 e. The van der Waals surface area contributed by atoms with Crippen LogP contribution in [0.15, 0.2) is 84.9 Å². The van der Waals surface area contributed by atoms with Gasteiger partial charge in [0.05, 0.1) is 40.2 Å². The van der Waals surface area contributed by atoms with Crippen molar-refractivity contribution >= 4 is 40.0 Å². The molecule has 3 aliphatic rings. The number of halogens is 4. The lowest BCUT2D eigenvalue weighted by atomic mass is 9.77. The molecule has 3 aliphatic carbocycles. The summed E-state index contributed by atoms with van der Waals surface area (Å²) in [5.74, 6) is -6.67. The van der Waals surface area contributed by atoms with Crippen LogP contribution in [0.4, 0.5) is 46.0 Å². The molecule has 0 atom stereocenters. The summed E-state index contributed by atoms with van der Waals surface area (Å²) in [5, 5.41) is 39.3. The fraction of sp³-hybridized carbons (Fsp3) is 0.394. The van der Waals surface area contributed by atoms with Gasteiger partial charge in [-0.25, -0.2) is 22.4 Å². The Balaban J connectivity index is 1.05. The van der Waals surface area contributed by atoms with Gasteiger partial charge in [-0.15, -0.1) is 0 Å². The molecule has 6 aromatic carbocycles. The maximum atomic E-state index is 15.3. The maximum Gasteiger partial charge on any atom is 0.256 e. The highest BCUT2D eigenvalue weighted by molar-refractivity contribution is 6.34. The molecular weight excluding hydrogens is 1020 g/mol. The molecule has 0 saturated heterocycles. The summed E-state index contributed by atoms with van der Waals surface area (Å²) in [5.41, 5.74) is -2.95. The molecule has 14 heteroatoms. The standard InChI is InChI=1S/C66H68F4N4O6/c1-4-6-8-10-12-14-39-16-20-41(21-17-39)43-24-28-47(29-25-43)79-56-36-54(73-45-32-50(67)49(38-71)51(68)33-45)58-60(63(56)75)66(78)59-55(74-46-34-52(69)62(72-3)53(70)35-46)37-57(64(76)61(59)65(58)77)80-48-30-26-44(27-31-48)42-22-18-40(19-23-42)15-13-11-9-7-5-2/h24-37,39-42,73-76H,4-23H2,1-2H3. The van der Waals surface area contributed by atoms with E-state index in [9.17, 15) is 15.5 Å². The van der Waals surface area contributed by atoms with Gasteiger partial charge in [0.1, 0.15) is 46.4 Å². The van der Waals surface area contributed by atoms with Crippen molar-refractivity contribution in [2.24, 2.45) is 11.8 Å². The Morgan fingerprint density at radius 3 is 1.29 bits per heavy atom. The van der Waals surface area contributed by atoms with Crippen molar-refractivity contribution in [3.05, 3.63) is 159 Å². The highest BCUT2D eigenvalue weighted by Crippen LogP contribution is 2.52. The Bertz CT molecular complexity index is 3050. The summed E-state index contributed by atoms with van der Waals surface area (Å²) in [6.07, 6.45) is 23.9. The molecule has 10 nitrogen and oxygen atoms in total. The highest BCUT2D eigenvalue weighted by Gasteiger charge is 2.41. The van der Waals surface area contributed by atoms with Gasteiger partial charge in [-0.1, -0.05) is 115 Å². The number of unbranched alkanes of at least 4 members (excludes halogenated alkanes) is 8. The third-order valence-corrected chi connectivity index (χ3v) is 16.6. The van der Waals surface area contributed by atoms with Crippen molar-refractivity contribution in [3.8, 4) is 40.6 Å². The first kappa shape index (κ1) is 56.9. The fourth-order valence-electron chi connectivity index (χ4n) is 12.1. The number of anilines is 4. The molecule has 416 valence electrons. The van der Waals surface area contributed by atoms with E-state index in [1.165, 1.54) is 95.3 Å². The van der Waals surface area contributed by atoms with Gasteiger partial charge in [0.25, 0.3) is 5.69 Å². The van der Waals surface area contributed by atoms with Crippen LogP contribution in [-0.4, -0.2) is 21.8 Å². The number of aromatic hydroxyl groups is 2. The molecule has 0 bridgehead atoms. The number of rotatable bonds is 22. The third kappa shape index (κ3) is 12.8. The van der Waals surface area contributed by atoms with E-state index in [-0.39, 0.29) is 45.7 Å². The van der Waals surface area contributed by atoms with E-state index in [1.807, 2.05) is 24.3 Å². The van der Waals surface area contributed by atoms with Crippen molar-refractivity contribution in [1.29, 1.82) is 5.26 Å². The fourth-order valence-corrected chi connectivity index (χ4v) is 12.1. The molecule has 0 radical (unpaired) electrons. The molecule has 0 spiro atoms. The van der Waals surface area contributed by atoms with Crippen LogP contribution in [0.3, 0.4) is 0 Å². The van der Waals surface area contributed by atoms with Crippen molar-refractivity contribution in [2.75, 3.05) is 10.6 Å². The zero-order valence-electron chi connectivity index (χ0n) is 45.5. The summed E-state index contributed by atoms with van der Waals surface area (Å²) < 4.78 is 73.3. The second kappa shape index (κ2) is 26.0. The van der Waals surface area contributed by atoms with Crippen LogP contribution in [-0.2, 0) is 0 Å². The number of phenols is 2. The molecule has 9 rings (SSSR count). The average Bonchev–Trinajstić information content (AvgIpc) is 3.64. The zero-order valence-corrected chi connectivity index (χ0v) is 45.5. The van der Waals surface area contributed by atoms with E-state index < -0.39 is 79.8 Å². The first-order chi connectivity index (χ1) is 38.8. The zero-order chi connectivity index (χ0) is 56.5. The first-order valence-electron chi connectivity index (χ1n) is 28.5. The van der Waals surface area contributed by atoms with Crippen molar-refractivity contribution in [1.82, 2.24) is 0 Å². The van der Waals surface area contributed by atoms with Crippen molar-refractivity contribution in [3.63, 3.8) is 0 Å². The Kier molecular flexibility index (Phi) is 18.5. The van der Waals surface area contributed by atoms with E-state index in [4.69, 9.17) is 16.0 Å². The van der Waals surface area contributed by atoms with Gasteiger partial charge in [-0.05, 0) is 135 Å². The number of ether oxygens (including phenoxy) is 2. The predicted molar refractivity (Wildman–Crippen MR) is 303 cm³/mol. The number of ketones is 2. The van der Waals surface area contributed by atoms with E-state index in [0.717, 1.165) is 98.6 Å². The Labute approximate surface area is 466 Å². The molecular formula is C66H68F4N4O6. The lowest BCUT2D eigenvalue weighted by Gasteiger charge is -2.29. The van der Waals surface area contributed by atoms with Gasteiger partial charge >= 0.3 is 0 Å². The van der Waals surface area contributed by atoms with Crippen LogP contribution in [0.25, 0.3) is 4.85 Å². The molecule has 4 N–H and O–H groups in total. The summed E-state index contributed by atoms with van der Waals surface area (Å²) in [4.78, 5) is 33.4. The molecule has 0 heterocycles. The molecule has 6 aromatic rings. The maximum absolute atomic E-state index is 15.3. The number of nitriles is 1. The number of fused-ring (bicyclic) bond motifs is 2. The van der Waals surface area contributed by atoms with Crippen LogP contribution in [0.1, 0.15) is 203 Å². The SMILES string of the molecule is [C-]#[N+]c1c(F)cc(Nc2cc(Oc3ccc(C4CCC(CCCCCCC)CC4)cc3)c(O)c3c2C(=O)c2c(O)c(Oc4ccc(C5CCC(CCCCCCC)CC5)cc4)cc(Nc4cc(F)c(C#N)c(F)c4)c2C3=O)cc1F. The molecule has 2 fully saturated rings. The summed E-state index contributed by atoms with van der Waals surface area (Å²) >= 11 is 0. The minimum Gasteiger partial charge on any atom is -0.504 e. The summed E-state index contributed by atoms with van der Waals surface area (Å²) in [7, 11) is 0. The molecule has 0 unspecified atom stereocenters. The number of phenolic OH excluding ortho intramolecular Hbond substituents is 2. The minimum atomic E-state index is -1.22. The number of nitrogens with one attached hydrogen (secondary N) is 2. The van der Waals surface area contributed by atoms with Crippen molar-refractivity contribution in [2.45, 2.75) is 154 Å². The average molecular weight is 1090 g/mol. The molecule has 80 heavy (non-hydrogen) atoms. The van der Waals surface area contributed by atoms with Crippen LogP contribution < -0.4 is 20.1 Å². The first-order valence-corrected chi connectivity index (χ1v) is 28.5. The molecule has 0 aromatic heterocycles. The summed E-state index contributed by atoms with van der Waals surface area (Å²) in [6, 6.07) is 21.8. The lowest BCUT2D eigenvalue weighted by Crippen LogP contribution is -2.24. The molecule has 2 saturated carbocycles. The van der Waals surface area contributed by atoms with Gasteiger partial charge in [0.2, 0.25) is 11.6 Å². The Morgan fingerprint density at radius 2 is 0.925 bits per heavy atom. The number of carbonyl (C=O) groups is 2. The van der Waals surface area contributed by atoms with Gasteiger partial charge in [0, 0.05) is 23.5 Å². The topological polar surface area (TPSA) is 145 Å². The Hall–Kier alpha value is -7.84. The number of carbonyl (C=O) groups excluding carboxylic acids is 2. The number of hydrogen-bond donors (Lipinski definition) is 4. The minimum absolute atomic E-state index is 0.249. The second-order valence-electron chi connectivity index (χ2n) is 22.0. The van der Waals surface area contributed by atoms with E-state index in [2.05, 4.69) is 29.3 Å².